The second-order valence-electron chi connectivity index (χ2n) is 3.78. The highest BCUT2D eigenvalue weighted by Crippen LogP contribution is 2.05. The molecule has 0 bridgehead atoms. The molecular weight excluding hydrogens is 172 g/mol. The first-order valence-electron chi connectivity index (χ1n) is 5.79. The van der Waals surface area contributed by atoms with E-state index in [-0.39, 0.29) is 0 Å². The van der Waals surface area contributed by atoms with E-state index < -0.39 is 0 Å². The predicted molar refractivity (Wildman–Crippen MR) is 63.5 cm³/mol. The molecule has 0 rings (SSSR count). The van der Waals surface area contributed by atoms with Gasteiger partial charge in [-0.15, -0.1) is 0 Å². The molecule has 0 atom stereocenters. The van der Waals surface area contributed by atoms with Crippen molar-refractivity contribution in [3.8, 4) is 0 Å². The van der Waals surface area contributed by atoms with E-state index >= 15 is 0 Å². The van der Waals surface area contributed by atoms with Crippen LogP contribution in [0.25, 0.3) is 0 Å². The number of aliphatic hydroxyl groups is 1. The van der Waals surface area contributed by atoms with Gasteiger partial charge < -0.3 is 5.11 Å². The fraction of sp³-hybridized carbons (Fsp3) is 0.692. The number of hydrogen-bond acceptors (Lipinski definition) is 1. The van der Waals surface area contributed by atoms with Gasteiger partial charge in [0.1, 0.15) is 0 Å². The van der Waals surface area contributed by atoms with Crippen LogP contribution in [0.3, 0.4) is 0 Å². The van der Waals surface area contributed by atoms with Crippen LogP contribution < -0.4 is 0 Å². The second-order valence-corrected chi connectivity index (χ2v) is 3.78. The van der Waals surface area contributed by atoms with Gasteiger partial charge in [0.15, 0.2) is 0 Å². The lowest BCUT2D eigenvalue weighted by Crippen LogP contribution is -1.78. The Morgan fingerprint density at radius 2 is 1.71 bits per heavy atom. The summed E-state index contributed by atoms with van der Waals surface area (Å²) in [5.41, 5.74) is 0. The summed E-state index contributed by atoms with van der Waals surface area (Å²) in [5.74, 6) is 0.307. The van der Waals surface area contributed by atoms with Crippen LogP contribution in [-0.4, -0.2) is 5.11 Å². The molecule has 0 amide bonds. The molecule has 82 valence electrons. The van der Waals surface area contributed by atoms with Gasteiger partial charge in [0.2, 0.25) is 0 Å². The molecule has 0 aromatic rings. The van der Waals surface area contributed by atoms with Crippen molar-refractivity contribution < 1.29 is 5.11 Å². The van der Waals surface area contributed by atoms with Crippen molar-refractivity contribution in [1.82, 2.24) is 0 Å². The van der Waals surface area contributed by atoms with E-state index in [1.807, 2.05) is 0 Å². The van der Waals surface area contributed by atoms with E-state index in [2.05, 4.69) is 25.7 Å². The van der Waals surface area contributed by atoms with Crippen LogP contribution in [0.2, 0.25) is 0 Å². The molecule has 0 heterocycles. The van der Waals surface area contributed by atoms with Gasteiger partial charge in [0.25, 0.3) is 0 Å². The summed E-state index contributed by atoms with van der Waals surface area (Å²) >= 11 is 0. The van der Waals surface area contributed by atoms with Crippen molar-refractivity contribution in [1.29, 1.82) is 0 Å². The van der Waals surface area contributed by atoms with E-state index in [1.54, 1.807) is 0 Å². The molecule has 0 aliphatic heterocycles. The van der Waals surface area contributed by atoms with E-state index in [0.29, 0.717) is 5.76 Å². The maximum Gasteiger partial charge on any atom is 0.0851 e. The number of hydrogen-bond donors (Lipinski definition) is 1. The van der Waals surface area contributed by atoms with Crippen LogP contribution in [0.15, 0.2) is 24.5 Å². The summed E-state index contributed by atoms with van der Waals surface area (Å²) in [5, 5.41) is 8.83. The lowest BCUT2D eigenvalue weighted by molar-refractivity contribution is 0.387. The minimum absolute atomic E-state index is 0.307. The van der Waals surface area contributed by atoms with Crippen molar-refractivity contribution in [2.24, 2.45) is 0 Å². The standard InChI is InChI=1S/C13H24O/c1-3-4-5-6-7-8-9-10-11-12-13(2)14/h8-9,14H,2-7,10-12H2,1H3/b9-8-. The number of unbranched alkanes of at least 4 members (excludes halogenated alkanes) is 5. The summed E-state index contributed by atoms with van der Waals surface area (Å²) in [7, 11) is 0. The minimum Gasteiger partial charge on any atom is -0.513 e. The Kier molecular flexibility index (Phi) is 9.83. The van der Waals surface area contributed by atoms with Gasteiger partial charge in [-0.2, -0.15) is 0 Å². The molecule has 0 aromatic heterocycles. The van der Waals surface area contributed by atoms with Crippen LogP contribution in [0, 0.1) is 0 Å². The molecule has 1 heteroatoms. The fourth-order valence-electron chi connectivity index (χ4n) is 1.35. The second kappa shape index (κ2) is 10.4. The maximum absolute atomic E-state index is 8.83. The largest absolute Gasteiger partial charge is 0.513 e. The van der Waals surface area contributed by atoms with E-state index in [1.165, 1.54) is 32.1 Å². The third-order valence-corrected chi connectivity index (χ3v) is 2.23. The molecule has 0 unspecified atom stereocenters. The van der Waals surface area contributed by atoms with Crippen LogP contribution >= 0.6 is 0 Å². The van der Waals surface area contributed by atoms with E-state index in [0.717, 1.165) is 19.3 Å². The fourth-order valence-corrected chi connectivity index (χ4v) is 1.35. The Morgan fingerprint density at radius 1 is 1.07 bits per heavy atom. The Hall–Kier alpha value is -0.720. The van der Waals surface area contributed by atoms with Crippen molar-refractivity contribution >= 4 is 0 Å². The summed E-state index contributed by atoms with van der Waals surface area (Å²) in [6, 6.07) is 0. The van der Waals surface area contributed by atoms with Gasteiger partial charge in [-0.3, -0.25) is 0 Å². The highest BCUT2D eigenvalue weighted by atomic mass is 16.3. The lowest BCUT2D eigenvalue weighted by atomic mass is 10.1. The Morgan fingerprint density at radius 3 is 2.29 bits per heavy atom. The molecule has 0 saturated heterocycles. The molecule has 0 saturated carbocycles. The van der Waals surface area contributed by atoms with Gasteiger partial charge in [0.05, 0.1) is 5.76 Å². The average Bonchev–Trinajstić information content (AvgIpc) is 2.15. The maximum atomic E-state index is 8.83. The summed E-state index contributed by atoms with van der Waals surface area (Å²) in [6.07, 6.45) is 13.8. The number of aliphatic hydroxyl groups excluding tert-OH is 1. The first-order chi connectivity index (χ1) is 6.77. The highest BCUT2D eigenvalue weighted by Gasteiger charge is 1.87. The summed E-state index contributed by atoms with van der Waals surface area (Å²) in [4.78, 5) is 0. The quantitative estimate of drug-likeness (QED) is 0.320. The third-order valence-electron chi connectivity index (χ3n) is 2.23. The van der Waals surface area contributed by atoms with E-state index in [9.17, 15) is 0 Å². The first kappa shape index (κ1) is 13.3. The topological polar surface area (TPSA) is 20.2 Å². The van der Waals surface area contributed by atoms with Crippen LogP contribution in [-0.2, 0) is 0 Å². The molecule has 14 heavy (non-hydrogen) atoms. The molecule has 0 spiro atoms. The predicted octanol–water partition coefficient (Wildman–Crippen LogP) is 4.76. The SMILES string of the molecule is C=C(O)CCC/C=C\CCCCCC. The third kappa shape index (κ3) is 11.3. The Bertz CT molecular complexity index is 159. The molecule has 0 aliphatic rings. The van der Waals surface area contributed by atoms with Crippen LogP contribution in [0.5, 0.6) is 0 Å². The molecule has 0 fully saturated rings. The molecule has 1 nitrogen and oxygen atoms in total. The average molecular weight is 196 g/mol. The molecule has 0 aromatic carbocycles. The van der Waals surface area contributed by atoms with Crippen molar-refractivity contribution in [3.05, 3.63) is 24.5 Å². The normalized spacial score (nSPS) is 10.9. The number of allylic oxidation sites excluding steroid dienone is 3. The lowest BCUT2D eigenvalue weighted by Gasteiger charge is -1.95. The zero-order valence-corrected chi connectivity index (χ0v) is 9.47. The zero-order chi connectivity index (χ0) is 10.6. The van der Waals surface area contributed by atoms with E-state index in [4.69, 9.17) is 5.11 Å². The highest BCUT2D eigenvalue weighted by molar-refractivity contribution is 4.84. The summed E-state index contributed by atoms with van der Waals surface area (Å²) < 4.78 is 0. The van der Waals surface area contributed by atoms with Crippen molar-refractivity contribution in [2.45, 2.75) is 58.3 Å². The van der Waals surface area contributed by atoms with Crippen LogP contribution in [0.4, 0.5) is 0 Å². The number of rotatable bonds is 9. The monoisotopic (exact) mass is 196 g/mol. The molecule has 1 N–H and O–H groups in total. The van der Waals surface area contributed by atoms with Gasteiger partial charge in [-0.1, -0.05) is 44.9 Å². The van der Waals surface area contributed by atoms with Crippen molar-refractivity contribution in [2.75, 3.05) is 0 Å². The molecule has 0 aliphatic carbocycles. The van der Waals surface area contributed by atoms with Gasteiger partial charge in [-0.25, -0.2) is 0 Å². The zero-order valence-electron chi connectivity index (χ0n) is 9.47. The molecule has 0 radical (unpaired) electrons. The summed E-state index contributed by atoms with van der Waals surface area (Å²) in [6.45, 7) is 5.69. The van der Waals surface area contributed by atoms with Crippen LogP contribution in [0.1, 0.15) is 58.3 Å². The Labute approximate surface area is 88.5 Å². The minimum atomic E-state index is 0.307. The first-order valence-corrected chi connectivity index (χ1v) is 5.79. The molecular formula is C13H24O. The van der Waals surface area contributed by atoms with Gasteiger partial charge in [-0.05, 0) is 25.7 Å². The van der Waals surface area contributed by atoms with Gasteiger partial charge in [0, 0.05) is 6.42 Å². The van der Waals surface area contributed by atoms with Gasteiger partial charge >= 0.3 is 0 Å². The Balaban J connectivity index is 3.07. The van der Waals surface area contributed by atoms with Crippen molar-refractivity contribution in [3.63, 3.8) is 0 Å². The smallest absolute Gasteiger partial charge is 0.0851 e.